The standard InChI is InChI=1S/C28H39NO5/c1-4-7-18(14-20-10-11-21(16-30)34-20)9-12-24-25-19(8-5-2)15-22-26(23(25)17-33-24)28(32)29(13-6-3)27(22)31/h10-11,14,22-24,26,30H,4-9,12-13,15-17H2,1-3H3/b18-14+/t22-,23+,24-,26-/m1/s1. The van der Waals surface area contributed by atoms with Gasteiger partial charge in [0.15, 0.2) is 0 Å². The zero-order valence-electron chi connectivity index (χ0n) is 20.8. The summed E-state index contributed by atoms with van der Waals surface area (Å²) in [6, 6.07) is 3.71. The minimum Gasteiger partial charge on any atom is -0.459 e. The Morgan fingerprint density at radius 3 is 2.59 bits per heavy atom. The molecule has 1 aliphatic carbocycles. The fourth-order valence-corrected chi connectivity index (χ4v) is 6.19. The summed E-state index contributed by atoms with van der Waals surface area (Å²) in [7, 11) is 0. The van der Waals surface area contributed by atoms with Gasteiger partial charge in [0.2, 0.25) is 11.8 Å². The van der Waals surface area contributed by atoms with Gasteiger partial charge >= 0.3 is 0 Å². The second kappa shape index (κ2) is 11.0. The molecule has 0 spiro atoms. The van der Waals surface area contributed by atoms with Crippen molar-refractivity contribution >= 4 is 17.9 Å². The van der Waals surface area contributed by atoms with E-state index in [1.807, 2.05) is 19.1 Å². The van der Waals surface area contributed by atoms with Gasteiger partial charge in [0, 0.05) is 12.5 Å². The second-order valence-electron chi connectivity index (χ2n) is 9.96. The molecule has 0 unspecified atom stereocenters. The van der Waals surface area contributed by atoms with E-state index in [0.717, 1.165) is 50.7 Å². The molecule has 0 aromatic carbocycles. The van der Waals surface area contributed by atoms with Crippen LogP contribution in [0.3, 0.4) is 0 Å². The first-order chi connectivity index (χ1) is 16.5. The molecule has 34 heavy (non-hydrogen) atoms. The van der Waals surface area contributed by atoms with Crippen LogP contribution in [0.5, 0.6) is 0 Å². The SMILES string of the molecule is CCCC1=C2[C@@H](CC/C(=C/c3ccc(CO)o3)CCC)OC[C@@H]2[C@@H]2C(=O)N(CCC)C(=O)[C@@H]2C1. The molecule has 4 atom stereocenters. The van der Waals surface area contributed by atoms with Crippen molar-refractivity contribution < 1.29 is 23.8 Å². The van der Waals surface area contributed by atoms with Crippen molar-refractivity contribution in [3.8, 4) is 0 Å². The highest BCUT2D eigenvalue weighted by Gasteiger charge is 2.56. The normalized spacial score (nSPS) is 27.1. The van der Waals surface area contributed by atoms with Crippen LogP contribution in [-0.2, 0) is 20.9 Å². The quantitative estimate of drug-likeness (QED) is 0.353. The third kappa shape index (κ3) is 4.80. The maximum absolute atomic E-state index is 13.2. The van der Waals surface area contributed by atoms with E-state index in [-0.39, 0.29) is 42.3 Å². The fraction of sp³-hybridized carbons (Fsp3) is 0.643. The summed E-state index contributed by atoms with van der Waals surface area (Å²) in [5.41, 5.74) is 3.98. The number of carbonyl (C=O) groups is 2. The van der Waals surface area contributed by atoms with Crippen LogP contribution in [-0.4, -0.2) is 41.1 Å². The molecule has 1 N–H and O–H groups in total. The number of fused-ring (bicyclic) bond motifs is 3. The highest BCUT2D eigenvalue weighted by molar-refractivity contribution is 6.05. The molecule has 2 aliphatic heterocycles. The number of ether oxygens (including phenoxy) is 1. The summed E-state index contributed by atoms with van der Waals surface area (Å²) in [5, 5.41) is 9.28. The minimum absolute atomic E-state index is 0.0143. The maximum Gasteiger partial charge on any atom is 0.233 e. The van der Waals surface area contributed by atoms with Gasteiger partial charge in [-0.25, -0.2) is 0 Å². The molecular weight excluding hydrogens is 430 g/mol. The maximum atomic E-state index is 13.2. The zero-order valence-corrected chi connectivity index (χ0v) is 20.8. The Morgan fingerprint density at radius 1 is 1.09 bits per heavy atom. The van der Waals surface area contributed by atoms with Crippen LogP contribution in [0.15, 0.2) is 33.3 Å². The lowest BCUT2D eigenvalue weighted by Gasteiger charge is -2.32. The largest absolute Gasteiger partial charge is 0.459 e. The molecule has 4 rings (SSSR count). The number of carbonyl (C=O) groups excluding carboxylic acids is 2. The Bertz CT molecular complexity index is 958. The average molecular weight is 470 g/mol. The molecule has 3 aliphatic rings. The Kier molecular flexibility index (Phi) is 8.10. The van der Waals surface area contributed by atoms with E-state index in [1.54, 1.807) is 0 Å². The third-order valence-electron chi connectivity index (χ3n) is 7.58. The number of aliphatic hydroxyl groups is 1. The van der Waals surface area contributed by atoms with Gasteiger partial charge in [-0.05, 0) is 62.3 Å². The van der Waals surface area contributed by atoms with Crippen LogP contribution in [0.2, 0.25) is 0 Å². The summed E-state index contributed by atoms with van der Waals surface area (Å²) in [4.78, 5) is 27.8. The van der Waals surface area contributed by atoms with Crippen molar-refractivity contribution in [1.29, 1.82) is 0 Å². The first-order valence-electron chi connectivity index (χ1n) is 13.1. The minimum atomic E-state index is -0.245. The number of allylic oxidation sites excluding steroid dienone is 2. The number of amides is 2. The second-order valence-corrected chi connectivity index (χ2v) is 9.96. The molecule has 1 aromatic rings. The fourth-order valence-electron chi connectivity index (χ4n) is 6.19. The van der Waals surface area contributed by atoms with Crippen LogP contribution in [0.1, 0.15) is 83.7 Å². The van der Waals surface area contributed by atoms with Crippen molar-refractivity contribution in [3.63, 3.8) is 0 Å². The van der Waals surface area contributed by atoms with Crippen molar-refractivity contribution in [3.05, 3.63) is 40.4 Å². The monoisotopic (exact) mass is 469 g/mol. The first kappa shape index (κ1) is 24.9. The molecule has 0 radical (unpaired) electrons. The number of furan rings is 1. The van der Waals surface area contributed by atoms with Gasteiger partial charge in [0.25, 0.3) is 0 Å². The average Bonchev–Trinajstić information content (AvgIpc) is 3.52. The van der Waals surface area contributed by atoms with Crippen LogP contribution >= 0.6 is 0 Å². The van der Waals surface area contributed by atoms with Gasteiger partial charge in [-0.2, -0.15) is 0 Å². The van der Waals surface area contributed by atoms with Gasteiger partial charge in [-0.15, -0.1) is 0 Å². The lowest BCUT2D eigenvalue weighted by molar-refractivity contribution is -0.140. The lowest BCUT2D eigenvalue weighted by Crippen LogP contribution is -2.34. The molecule has 2 amide bonds. The van der Waals surface area contributed by atoms with E-state index in [4.69, 9.17) is 9.15 Å². The van der Waals surface area contributed by atoms with E-state index in [1.165, 1.54) is 21.6 Å². The van der Waals surface area contributed by atoms with Gasteiger partial charge < -0.3 is 14.3 Å². The van der Waals surface area contributed by atoms with Crippen LogP contribution < -0.4 is 0 Å². The van der Waals surface area contributed by atoms with Crippen LogP contribution in [0.25, 0.3) is 6.08 Å². The molecule has 2 fully saturated rings. The molecule has 0 bridgehead atoms. The van der Waals surface area contributed by atoms with E-state index >= 15 is 0 Å². The van der Waals surface area contributed by atoms with Crippen molar-refractivity contribution in [2.45, 2.75) is 84.8 Å². The summed E-state index contributed by atoms with van der Waals surface area (Å²) in [5.74, 6) is 0.986. The van der Waals surface area contributed by atoms with Crippen molar-refractivity contribution in [2.75, 3.05) is 13.2 Å². The molecule has 2 saturated heterocycles. The molecule has 0 saturated carbocycles. The summed E-state index contributed by atoms with van der Waals surface area (Å²) >= 11 is 0. The summed E-state index contributed by atoms with van der Waals surface area (Å²) < 4.78 is 12.0. The van der Waals surface area contributed by atoms with Gasteiger partial charge in [0.1, 0.15) is 18.1 Å². The first-order valence-corrected chi connectivity index (χ1v) is 13.1. The van der Waals surface area contributed by atoms with Gasteiger partial charge in [-0.3, -0.25) is 14.5 Å². The van der Waals surface area contributed by atoms with E-state index < -0.39 is 0 Å². The molecular formula is C28H39NO5. The summed E-state index contributed by atoms with van der Waals surface area (Å²) in [6.45, 7) is 7.33. The van der Waals surface area contributed by atoms with E-state index in [9.17, 15) is 14.7 Å². The number of nitrogens with zero attached hydrogens (tertiary/aromatic N) is 1. The van der Waals surface area contributed by atoms with E-state index in [2.05, 4.69) is 19.9 Å². The molecule has 6 nitrogen and oxygen atoms in total. The molecule has 1 aromatic heterocycles. The number of aliphatic hydroxyl groups excluding tert-OH is 1. The van der Waals surface area contributed by atoms with Crippen LogP contribution in [0, 0.1) is 17.8 Å². The molecule has 6 heteroatoms. The topological polar surface area (TPSA) is 80.0 Å². The number of imide groups is 1. The lowest BCUT2D eigenvalue weighted by atomic mass is 9.68. The smallest absolute Gasteiger partial charge is 0.233 e. The zero-order chi connectivity index (χ0) is 24.2. The molecule has 3 heterocycles. The third-order valence-corrected chi connectivity index (χ3v) is 7.58. The van der Waals surface area contributed by atoms with Crippen LogP contribution in [0.4, 0.5) is 0 Å². The number of hydrogen-bond acceptors (Lipinski definition) is 5. The Hall–Kier alpha value is -2.18. The number of likely N-dealkylation sites (tertiary alicyclic amines) is 1. The van der Waals surface area contributed by atoms with Crippen molar-refractivity contribution in [1.82, 2.24) is 4.90 Å². The van der Waals surface area contributed by atoms with Gasteiger partial charge in [0.05, 0.1) is 24.5 Å². The predicted octanol–water partition coefficient (Wildman–Crippen LogP) is 5.26. The van der Waals surface area contributed by atoms with Crippen molar-refractivity contribution in [2.24, 2.45) is 17.8 Å². The summed E-state index contributed by atoms with van der Waals surface area (Å²) in [6.07, 6.45) is 9.41. The number of hydrogen-bond donors (Lipinski definition) is 1. The molecule has 186 valence electrons. The van der Waals surface area contributed by atoms with Gasteiger partial charge in [-0.1, -0.05) is 44.8 Å². The highest BCUT2D eigenvalue weighted by atomic mass is 16.5. The Labute approximate surface area is 203 Å². The number of rotatable bonds is 11. The van der Waals surface area contributed by atoms with E-state index in [0.29, 0.717) is 25.3 Å². The predicted molar refractivity (Wildman–Crippen MR) is 131 cm³/mol. The Balaban J connectivity index is 1.53. The highest BCUT2D eigenvalue weighted by Crippen LogP contribution is 2.50. The Morgan fingerprint density at radius 2 is 1.91 bits per heavy atom.